The van der Waals surface area contributed by atoms with Gasteiger partial charge in [0.2, 0.25) is 12.1 Å². The Morgan fingerprint density at radius 1 is 1.36 bits per heavy atom. The van der Waals surface area contributed by atoms with Gasteiger partial charge in [0.05, 0.1) is 13.0 Å². The van der Waals surface area contributed by atoms with Crippen LogP contribution in [0.3, 0.4) is 0 Å². The van der Waals surface area contributed by atoms with Crippen molar-refractivity contribution in [2.75, 3.05) is 25.1 Å². The van der Waals surface area contributed by atoms with Crippen LogP contribution in [0.25, 0.3) is 0 Å². The van der Waals surface area contributed by atoms with Gasteiger partial charge in [-0.1, -0.05) is 12.1 Å². The lowest BCUT2D eigenvalue weighted by atomic mass is 9.89. The smallest absolute Gasteiger partial charge is 0.406 e. The van der Waals surface area contributed by atoms with E-state index in [-0.39, 0.29) is 23.5 Å². The van der Waals surface area contributed by atoms with Crippen LogP contribution in [-0.2, 0) is 16.6 Å². The third-order valence-corrected chi connectivity index (χ3v) is 4.50. The molecular formula is C16H18N4O5. The Labute approximate surface area is 143 Å². The molecule has 0 unspecified atom stereocenters. The minimum Gasteiger partial charge on any atom is -0.508 e. The molecule has 2 aromatic rings. The van der Waals surface area contributed by atoms with E-state index in [2.05, 4.69) is 4.98 Å². The second-order valence-corrected chi connectivity index (χ2v) is 5.99. The van der Waals surface area contributed by atoms with Crippen molar-refractivity contribution in [1.82, 2.24) is 9.55 Å². The van der Waals surface area contributed by atoms with E-state index in [0.717, 1.165) is 5.56 Å². The number of carbonyl (C=O) groups is 1. The highest BCUT2D eigenvalue weighted by atomic mass is 16.6. The lowest BCUT2D eigenvalue weighted by Crippen LogP contribution is -2.26. The normalized spacial score (nSPS) is 19.8. The molecule has 1 fully saturated rings. The molecule has 0 spiro atoms. The van der Waals surface area contributed by atoms with Crippen molar-refractivity contribution in [1.29, 1.82) is 0 Å². The number of nitrogens with zero attached hydrogens (tertiary/aromatic N) is 4. The number of esters is 1. The fraction of sp³-hybridized carbons (Fsp3) is 0.375. The van der Waals surface area contributed by atoms with Crippen LogP contribution >= 0.6 is 0 Å². The van der Waals surface area contributed by atoms with Crippen LogP contribution in [0.5, 0.6) is 5.75 Å². The quantitative estimate of drug-likeness (QED) is 0.506. The van der Waals surface area contributed by atoms with Crippen LogP contribution in [0.15, 0.2) is 30.6 Å². The molecule has 0 bridgehead atoms. The lowest BCUT2D eigenvalue weighted by Gasteiger charge is -2.17. The van der Waals surface area contributed by atoms with Crippen LogP contribution in [0.1, 0.15) is 11.5 Å². The van der Waals surface area contributed by atoms with Gasteiger partial charge in [-0.05, 0) is 27.6 Å². The highest BCUT2D eigenvalue weighted by Crippen LogP contribution is 2.39. The van der Waals surface area contributed by atoms with Gasteiger partial charge in [0, 0.05) is 26.1 Å². The molecule has 2 atom stereocenters. The summed E-state index contributed by atoms with van der Waals surface area (Å²) in [6.45, 7) is 0.698. The number of ether oxygens (including phenoxy) is 1. The molecule has 1 aromatic carbocycles. The first kappa shape index (κ1) is 16.7. The Balaban J connectivity index is 1.97. The Hall–Kier alpha value is -3.10. The van der Waals surface area contributed by atoms with E-state index in [1.807, 2.05) is 0 Å². The summed E-state index contributed by atoms with van der Waals surface area (Å²) in [6.07, 6.45) is 1.38. The number of hydrogen-bond acceptors (Lipinski definition) is 7. The molecule has 2 heterocycles. The summed E-state index contributed by atoms with van der Waals surface area (Å²) >= 11 is 0. The minimum atomic E-state index is -0.531. The Morgan fingerprint density at radius 2 is 2.04 bits per heavy atom. The number of aromatic hydroxyl groups is 1. The maximum Gasteiger partial charge on any atom is 0.406 e. The van der Waals surface area contributed by atoms with Gasteiger partial charge in [0.1, 0.15) is 5.75 Å². The predicted octanol–water partition coefficient (Wildman–Crippen LogP) is 1.43. The number of aryl methyl sites for hydroxylation is 1. The van der Waals surface area contributed by atoms with Crippen molar-refractivity contribution in [3.8, 4) is 5.75 Å². The van der Waals surface area contributed by atoms with Crippen LogP contribution in [0.2, 0.25) is 0 Å². The number of nitro groups is 1. The van der Waals surface area contributed by atoms with Crippen LogP contribution in [0, 0.1) is 16.0 Å². The second-order valence-electron chi connectivity index (χ2n) is 5.99. The van der Waals surface area contributed by atoms with Gasteiger partial charge in [0.15, 0.2) is 0 Å². The third-order valence-electron chi connectivity index (χ3n) is 4.50. The van der Waals surface area contributed by atoms with Crippen molar-refractivity contribution in [2.45, 2.75) is 5.92 Å². The number of rotatable bonds is 4. The van der Waals surface area contributed by atoms with Gasteiger partial charge in [0.25, 0.3) is 0 Å². The van der Waals surface area contributed by atoms with Crippen molar-refractivity contribution in [3.63, 3.8) is 0 Å². The van der Waals surface area contributed by atoms with Gasteiger partial charge in [-0.2, -0.15) is 0 Å². The maximum absolute atomic E-state index is 12.2. The van der Waals surface area contributed by atoms with Gasteiger partial charge in [-0.3, -0.25) is 9.36 Å². The first-order valence-corrected chi connectivity index (χ1v) is 7.69. The first-order chi connectivity index (χ1) is 11.9. The molecule has 1 aliphatic rings. The van der Waals surface area contributed by atoms with Crippen LogP contribution in [0.4, 0.5) is 11.6 Å². The van der Waals surface area contributed by atoms with Crippen molar-refractivity contribution < 1.29 is 19.6 Å². The molecule has 1 aromatic heterocycles. The van der Waals surface area contributed by atoms with Crippen molar-refractivity contribution in [2.24, 2.45) is 13.0 Å². The predicted molar refractivity (Wildman–Crippen MR) is 88.4 cm³/mol. The summed E-state index contributed by atoms with van der Waals surface area (Å²) in [7, 11) is 3.00. The molecular weight excluding hydrogens is 328 g/mol. The lowest BCUT2D eigenvalue weighted by molar-refractivity contribution is -0.388. The zero-order chi connectivity index (χ0) is 18.1. The molecule has 9 heteroatoms. The molecule has 0 radical (unpaired) electrons. The van der Waals surface area contributed by atoms with E-state index in [1.54, 1.807) is 40.8 Å². The molecule has 25 heavy (non-hydrogen) atoms. The highest BCUT2D eigenvalue weighted by molar-refractivity contribution is 5.76. The summed E-state index contributed by atoms with van der Waals surface area (Å²) in [6, 6.07) is 6.60. The number of benzene rings is 1. The topological polar surface area (TPSA) is 111 Å². The average Bonchev–Trinajstić information content (AvgIpc) is 3.18. The molecule has 0 aliphatic carbocycles. The zero-order valence-electron chi connectivity index (χ0n) is 13.8. The molecule has 3 rings (SSSR count). The fourth-order valence-corrected chi connectivity index (χ4v) is 3.33. The highest BCUT2D eigenvalue weighted by Gasteiger charge is 2.42. The number of anilines is 1. The second kappa shape index (κ2) is 6.42. The number of phenols is 1. The van der Waals surface area contributed by atoms with Crippen LogP contribution < -0.4 is 4.90 Å². The molecule has 0 amide bonds. The summed E-state index contributed by atoms with van der Waals surface area (Å²) in [5.74, 6) is -0.787. The summed E-state index contributed by atoms with van der Waals surface area (Å²) < 4.78 is 6.49. The van der Waals surface area contributed by atoms with Gasteiger partial charge >= 0.3 is 11.8 Å². The molecule has 1 N–H and O–H groups in total. The molecule has 1 aliphatic heterocycles. The minimum absolute atomic E-state index is 0.135. The number of methoxy groups -OCH3 is 1. The summed E-state index contributed by atoms with van der Waals surface area (Å²) in [4.78, 5) is 28.5. The van der Waals surface area contributed by atoms with Crippen molar-refractivity contribution in [3.05, 3.63) is 46.3 Å². The SMILES string of the molecule is COC(=O)[C@@H]1CN(c2c([N+](=O)[O-])ncn2C)C[C@H]1c1ccc(O)cc1. The van der Waals surface area contributed by atoms with Crippen LogP contribution in [-0.4, -0.2) is 45.7 Å². The largest absolute Gasteiger partial charge is 0.508 e. The Kier molecular flexibility index (Phi) is 4.30. The average molecular weight is 346 g/mol. The molecule has 132 valence electrons. The number of imidazole rings is 1. The van der Waals surface area contributed by atoms with E-state index in [0.29, 0.717) is 18.9 Å². The van der Waals surface area contributed by atoms with Gasteiger partial charge < -0.3 is 24.9 Å². The number of phenolic OH excluding ortho intramolecular Hbond substituents is 1. The first-order valence-electron chi connectivity index (χ1n) is 7.69. The zero-order valence-corrected chi connectivity index (χ0v) is 13.8. The standard InChI is InChI=1S/C16H18N4O5/c1-18-9-17-14(20(23)24)15(18)19-7-12(13(8-19)16(22)25-2)10-3-5-11(21)6-4-10/h3-6,9,12-13,21H,7-8H2,1-2H3/t12-,13+/m0/s1. The van der Waals surface area contributed by atoms with E-state index < -0.39 is 10.8 Å². The van der Waals surface area contributed by atoms with E-state index in [4.69, 9.17) is 4.74 Å². The monoisotopic (exact) mass is 346 g/mol. The number of carbonyl (C=O) groups excluding carboxylic acids is 1. The van der Waals surface area contributed by atoms with Gasteiger partial charge in [-0.25, -0.2) is 0 Å². The number of hydrogen-bond donors (Lipinski definition) is 1. The maximum atomic E-state index is 12.2. The third kappa shape index (κ3) is 3.00. The molecule has 9 nitrogen and oxygen atoms in total. The molecule has 1 saturated heterocycles. The number of aromatic nitrogens is 2. The van der Waals surface area contributed by atoms with E-state index in [9.17, 15) is 20.0 Å². The summed E-state index contributed by atoms with van der Waals surface area (Å²) in [5, 5.41) is 20.7. The van der Waals surface area contributed by atoms with Gasteiger partial charge in [-0.15, -0.1) is 0 Å². The Morgan fingerprint density at radius 3 is 2.64 bits per heavy atom. The van der Waals surface area contributed by atoms with Crippen molar-refractivity contribution >= 4 is 17.6 Å². The molecule has 0 saturated carbocycles. The Bertz CT molecular complexity index is 801. The fourth-order valence-electron chi connectivity index (χ4n) is 3.33. The van der Waals surface area contributed by atoms with E-state index in [1.165, 1.54) is 13.4 Å². The van der Waals surface area contributed by atoms with E-state index >= 15 is 0 Å². The summed E-state index contributed by atoms with van der Waals surface area (Å²) in [5.41, 5.74) is 0.862.